The molecule has 1 N–H and O–H groups in total. The zero-order valence-electron chi connectivity index (χ0n) is 17.5. The van der Waals surface area contributed by atoms with Crippen molar-refractivity contribution in [2.24, 2.45) is 0 Å². The number of halogens is 1. The van der Waals surface area contributed by atoms with Crippen molar-refractivity contribution in [2.45, 2.75) is 52.3 Å². The van der Waals surface area contributed by atoms with E-state index in [-0.39, 0.29) is 18.3 Å². The minimum atomic E-state index is -0.663. The summed E-state index contributed by atoms with van der Waals surface area (Å²) in [7, 11) is 0. The van der Waals surface area contributed by atoms with Gasteiger partial charge < -0.3 is 19.5 Å². The van der Waals surface area contributed by atoms with Gasteiger partial charge in [0.05, 0.1) is 11.2 Å². The van der Waals surface area contributed by atoms with Crippen LogP contribution in [0.4, 0.5) is 9.18 Å². The summed E-state index contributed by atoms with van der Waals surface area (Å²) < 4.78 is 20.4. The topological polar surface area (TPSA) is 76.5 Å². The van der Waals surface area contributed by atoms with Crippen LogP contribution in [-0.2, 0) is 21.6 Å². The average molecular weight is 402 g/mol. The molecule has 2 aromatic rings. The van der Waals surface area contributed by atoms with E-state index in [4.69, 9.17) is 9.72 Å². The largest absolute Gasteiger partial charge is 0.444 e. The average Bonchev–Trinajstić information content (AvgIpc) is 3.04. The zero-order valence-corrected chi connectivity index (χ0v) is 17.5. The van der Waals surface area contributed by atoms with E-state index in [1.165, 1.54) is 12.1 Å². The number of alkyl carbamates (subject to hydrolysis) is 1. The molecule has 8 heteroatoms. The Morgan fingerprint density at radius 3 is 2.48 bits per heavy atom. The van der Waals surface area contributed by atoms with Gasteiger partial charge in [-0.1, -0.05) is 0 Å². The van der Waals surface area contributed by atoms with Gasteiger partial charge in [-0.05, 0) is 58.9 Å². The van der Waals surface area contributed by atoms with E-state index >= 15 is 0 Å². The molecule has 29 heavy (non-hydrogen) atoms. The molecule has 0 atom stereocenters. The number of aromatic nitrogens is 2. The van der Waals surface area contributed by atoms with E-state index < -0.39 is 17.2 Å². The van der Waals surface area contributed by atoms with Crippen molar-refractivity contribution in [3.8, 4) is 11.3 Å². The van der Waals surface area contributed by atoms with Gasteiger partial charge in [0.1, 0.15) is 23.8 Å². The minimum Gasteiger partial charge on any atom is -0.444 e. The first-order chi connectivity index (χ1) is 13.5. The minimum absolute atomic E-state index is 0.149. The lowest BCUT2D eigenvalue weighted by Gasteiger charge is -2.42. The van der Waals surface area contributed by atoms with Gasteiger partial charge in [0, 0.05) is 24.8 Å². The molecule has 0 aliphatic carbocycles. The fourth-order valence-corrected chi connectivity index (χ4v) is 3.44. The molecule has 0 saturated heterocycles. The van der Waals surface area contributed by atoms with E-state index in [9.17, 15) is 14.0 Å². The van der Waals surface area contributed by atoms with E-state index in [1.807, 2.05) is 24.6 Å². The van der Waals surface area contributed by atoms with Gasteiger partial charge in [0.2, 0.25) is 5.91 Å². The van der Waals surface area contributed by atoms with Crippen LogP contribution in [-0.4, -0.2) is 45.1 Å². The molecule has 3 rings (SSSR count). The second-order valence-corrected chi connectivity index (χ2v) is 8.61. The molecule has 0 radical (unpaired) electrons. The van der Waals surface area contributed by atoms with Gasteiger partial charge in [0.15, 0.2) is 0 Å². The molecular weight excluding hydrogens is 375 g/mol. The highest BCUT2D eigenvalue weighted by Gasteiger charge is 2.39. The van der Waals surface area contributed by atoms with Crippen LogP contribution >= 0.6 is 0 Å². The number of ether oxygens (including phenoxy) is 1. The highest BCUT2D eigenvalue weighted by atomic mass is 19.1. The number of nitrogens with one attached hydrogen (secondary N) is 1. The van der Waals surface area contributed by atoms with E-state index in [0.29, 0.717) is 13.1 Å². The third-order valence-corrected chi connectivity index (χ3v) is 4.79. The number of imidazole rings is 1. The number of hydrogen-bond acceptors (Lipinski definition) is 4. The summed E-state index contributed by atoms with van der Waals surface area (Å²) in [5.41, 5.74) is 0.255. The molecule has 0 fully saturated rings. The van der Waals surface area contributed by atoms with Crippen LogP contribution in [0.1, 0.15) is 40.4 Å². The monoisotopic (exact) mass is 402 g/mol. The van der Waals surface area contributed by atoms with Gasteiger partial charge in [0.25, 0.3) is 0 Å². The van der Waals surface area contributed by atoms with Gasteiger partial charge in [-0.25, -0.2) is 14.2 Å². The first kappa shape index (κ1) is 20.8. The molecule has 1 aromatic carbocycles. The molecule has 0 bridgehead atoms. The Morgan fingerprint density at radius 1 is 1.21 bits per heavy atom. The third kappa shape index (κ3) is 4.58. The quantitative estimate of drug-likeness (QED) is 0.855. The highest BCUT2D eigenvalue weighted by molar-refractivity contribution is 5.83. The zero-order chi connectivity index (χ0) is 21.4. The standard InChI is InChI=1S/C21H27FN4O3/c1-20(2,3)29-19(28)23-12-17(27)26-11-10-25-13-16(24-18(25)21(26,4)5)14-6-8-15(22)9-7-14/h6-9,13H,10-12H2,1-5H3,(H,23,28). The Labute approximate surface area is 169 Å². The molecule has 7 nitrogen and oxygen atoms in total. The predicted octanol–water partition coefficient (Wildman–Crippen LogP) is 3.29. The lowest BCUT2D eigenvalue weighted by Crippen LogP contribution is -2.54. The second kappa shape index (κ2) is 7.50. The predicted molar refractivity (Wildman–Crippen MR) is 107 cm³/mol. The van der Waals surface area contributed by atoms with Crippen LogP contribution in [0.2, 0.25) is 0 Å². The normalized spacial score (nSPS) is 15.6. The fourth-order valence-electron chi connectivity index (χ4n) is 3.44. The summed E-state index contributed by atoms with van der Waals surface area (Å²) in [4.78, 5) is 31.1. The summed E-state index contributed by atoms with van der Waals surface area (Å²) in [6.45, 7) is 10.1. The van der Waals surface area contributed by atoms with Crippen molar-refractivity contribution < 1.29 is 18.7 Å². The maximum absolute atomic E-state index is 13.2. The maximum atomic E-state index is 13.2. The van der Waals surface area contributed by atoms with E-state index in [0.717, 1.165) is 17.1 Å². The van der Waals surface area contributed by atoms with Crippen LogP contribution in [0.3, 0.4) is 0 Å². The van der Waals surface area contributed by atoms with Crippen LogP contribution in [0.25, 0.3) is 11.3 Å². The smallest absolute Gasteiger partial charge is 0.408 e. The SMILES string of the molecule is CC(C)(C)OC(=O)NCC(=O)N1CCn2cc(-c3ccc(F)cc3)nc2C1(C)C. The highest BCUT2D eigenvalue weighted by Crippen LogP contribution is 2.33. The first-order valence-electron chi connectivity index (χ1n) is 9.58. The van der Waals surface area contributed by atoms with Gasteiger partial charge in [-0.15, -0.1) is 0 Å². The maximum Gasteiger partial charge on any atom is 0.408 e. The molecule has 2 amide bonds. The van der Waals surface area contributed by atoms with Crippen LogP contribution in [0.15, 0.2) is 30.5 Å². The molecule has 0 saturated carbocycles. The van der Waals surface area contributed by atoms with Crippen molar-refractivity contribution in [1.82, 2.24) is 19.8 Å². The molecule has 1 aliphatic heterocycles. The summed E-state index contributed by atoms with van der Waals surface area (Å²) in [5, 5.41) is 2.52. The summed E-state index contributed by atoms with van der Waals surface area (Å²) >= 11 is 0. The number of carbonyl (C=O) groups is 2. The number of carbonyl (C=O) groups excluding carboxylic acids is 2. The summed E-state index contributed by atoms with van der Waals surface area (Å²) in [6, 6.07) is 6.17. The van der Waals surface area contributed by atoms with Gasteiger partial charge in [-0.3, -0.25) is 4.79 Å². The molecule has 1 aromatic heterocycles. The molecule has 156 valence electrons. The Morgan fingerprint density at radius 2 is 1.86 bits per heavy atom. The van der Waals surface area contributed by atoms with Gasteiger partial charge in [-0.2, -0.15) is 0 Å². The Kier molecular flexibility index (Phi) is 5.38. The molecule has 1 aliphatic rings. The van der Waals surface area contributed by atoms with Crippen molar-refractivity contribution in [3.05, 3.63) is 42.1 Å². The number of fused-ring (bicyclic) bond motifs is 1. The molecule has 2 heterocycles. The second-order valence-electron chi connectivity index (χ2n) is 8.61. The molecular formula is C21H27FN4O3. The summed E-state index contributed by atoms with van der Waals surface area (Å²) in [6.07, 6.45) is 1.30. The third-order valence-electron chi connectivity index (χ3n) is 4.79. The first-order valence-corrected chi connectivity index (χ1v) is 9.58. The molecule has 0 unspecified atom stereocenters. The Balaban J connectivity index is 1.74. The Hall–Kier alpha value is -2.90. The molecule has 0 spiro atoms. The number of amides is 2. The van der Waals surface area contributed by atoms with Crippen LogP contribution < -0.4 is 5.32 Å². The van der Waals surface area contributed by atoms with Crippen molar-refractivity contribution in [2.75, 3.05) is 13.1 Å². The van der Waals surface area contributed by atoms with Gasteiger partial charge >= 0.3 is 6.09 Å². The van der Waals surface area contributed by atoms with E-state index in [2.05, 4.69) is 5.32 Å². The Bertz CT molecular complexity index is 913. The lowest BCUT2D eigenvalue weighted by atomic mass is 9.99. The number of rotatable bonds is 3. The number of benzene rings is 1. The van der Waals surface area contributed by atoms with Crippen molar-refractivity contribution in [1.29, 1.82) is 0 Å². The number of nitrogens with zero attached hydrogens (tertiary/aromatic N) is 3. The van der Waals surface area contributed by atoms with Crippen molar-refractivity contribution in [3.63, 3.8) is 0 Å². The van der Waals surface area contributed by atoms with Crippen LogP contribution in [0, 0.1) is 5.82 Å². The fraction of sp³-hybridized carbons (Fsp3) is 0.476. The van der Waals surface area contributed by atoms with Crippen LogP contribution in [0.5, 0.6) is 0 Å². The number of hydrogen-bond donors (Lipinski definition) is 1. The summed E-state index contributed by atoms with van der Waals surface area (Å²) in [5.74, 6) is 0.236. The van der Waals surface area contributed by atoms with E-state index in [1.54, 1.807) is 37.8 Å². The van der Waals surface area contributed by atoms with Crippen molar-refractivity contribution >= 4 is 12.0 Å². The lowest BCUT2D eigenvalue weighted by molar-refractivity contribution is -0.137.